The number of benzene rings is 2. The first-order valence-electron chi connectivity index (χ1n) is 8.97. The number of fused-ring (bicyclic) bond motifs is 1. The van der Waals surface area contributed by atoms with E-state index in [2.05, 4.69) is 17.4 Å². The fourth-order valence-corrected chi connectivity index (χ4v) is 3.73. The quantitative estimate of drug-likeness (QED) is 0.864. The van der Waals surface area contributed by atoms with E-state index in [0.717, 1.165) is 18.4 Å². The Bertz CT molecular complexity index is 888. The van der Waals surface area contributed by atoms with E-state index in [0.29, 0.717) is 11.4 Å². The lowest BCUT2D eigenvalue weighted by molar-refractivity contribution is -0.121. The summed E-state index contributed by atoms with van der Waals surface area (Å²) in [5, 5.41) is 2.86. The van der Waals surface area contributed by atoms with Crippen LogP contribution < -0.4 is 10.2 Å². The minimum atomic E-state index is -0.227. The summed E-state index contributed by atoms with van der Waals surface area (Å²) >= 11 is 0. The average Bonchev–Trinajstić information content (AvgIpc) is 3.21. The second-order valence-corrected chi connectivity index (χ2v) is 6.82. The number of carbonyl (C=O) groups is 3. The second-order valence-electron chi connectivity index (χ2n) is 6.82. The van der Waals surface area contributed by atoms with Crippen LogP contribution in [0.5, 0.6) is 0 Å². The highest BCUT2D eigenvalue weighted by Crippen LogP contribution is 2.30. The zero-order valence-corrected chi connectivity index (χ0v) is 14.5. The first-order valence-corrected chi connectivity index (χ1v) is 8.97. The Kier molecular flexibility index (Phi) is 4.29. The van der Waals surface area contributed by atoms with Crippen LogP contribution in [0.25, 0.3) is 0 Å². The first-order chi connectivity index (χ1) is 12.6. The largest absolute Gasteiger partial charge is 0.324 e. The third-order valence-corrected chi connectivity index (χ3v) is 5.00. The van der Waals surface area contributed by atoms with Crippen molar-refractivity contribution in [1.82, 2.24) is 0 Å². The molecule has 2 aromatic carbocycles. The van der Waals surface area contributed by atoms with Crippen molar-refractivity contribution in [3.63, 3.8) is 0 Å². The molecular formula is C21H20N2O3. The standard InChI is InChI=1S/C21H20N2O3/c24-19(13-14-8-9-15-4-3-5-16(15)12-14)22-17-6-1-2-7-18(17)23-20(25)10-11-21(23)26/h1-2,6-9,12H,3-5,10-11,13H2,(H,22,24). The fourth-order valence-electron chi connectivity index (χ4n) is 3.73. The highest BCUT2D eigenvalue weighted by atomic mass is 16.2. The van der Waals surface area contributed by atoms with Gasteiger partial charge in [-0.1, -0.05) is 30.3 Å². The molecule has 1 aliphatic heterocycles. The van der Waals surface area contributed by atoms with Crippen molar-refractivity contribution >= 4 is 29.1 Å². The maximum Gasteiger partial charge on any atom is 0.234 e. The number of rotatable bonds is 4. The molecule has 0 saturated carbocycles. The number of aryl methyl sites for hydroxylation is 2. The van der Waals surface area contributed by atoms with Gasteiger partial charge in [0.15, 0.2) is 0 Å². The number of amides is 3. The highest BCUT2D eigenvalue weighted by Gasteiger charge is 2.31. The van der Waals surface area contributed by atoms with E-state index >= 15 is 0 Å². The summed E-state index contributed by atoms with van der Waals surface area (Å²) in [6, 6.07) is 13.2. The number of carbonyl (C=O) groups excluding carboxylic acids is 3. The molecule has 4 rings (SSSR count). The molecule has 1 aliphatic carbocycles. The molecule has 0 atom stereocenters. The Morgan fingerprint density at radius 3 is 2.46 bits per heavy atom. The Morgan fingerprint density at radius 1 is 0.923 bits per heavy atom. The summed E-state index contributed by atoms with van der Waals surface area (Å²) in [7, 11) is 0. The molecule has 0 spiro atoms. The molecule has 3 amide bonds. The zero-order valence-electron chi connectivity index (χ0n) is 14.5. The summed E-state index contributed by atoms with van der Waals surface area (Å²) < 4.78 is 0. The Morgan fingerprint density at radius 2 is 1.65 bits per heavy atom. The van der Waals surface area contributed by atoms with E-state index in [1.807, 2.05) is 6.07 Å². The lowest BCUT2D eigenvalue weighted by Gasteiger charge is -2.18. The Labute approximate surface area is 152 Å². The summed E-state index contributed by atoms with van der Waals surface area (Å²) in [4.78, 5) is 37.7. The summed E-state index contributed by atoms with van der Waals surface area (Å²) in [5.74, 6) is -0.611. The number of anilines is 2. The predicted molar refractivity (Wildman–Crippen MR) is 99.0 cm³/mol. The predicted octanol–water partition coefficient (Wildman–Crippen LogP) is 3.01. The van der Waals surface area contributed by atoms with Crippen molar-refractivity contribution in [2.24, 2.45) is 0 Å². The van der Waals surface area contributed by atoms with Gasteiger partial charge in [-0.05, 0) is 48.1 Å². The molecular weight excluding hydrogens is 328 g/mol. The first kappa shape index (κ1) is 16.5. The zero-order chi connectivity index (χ0) is 18.1. The van der Waals surface area contributed by atoms with E-state index in [4.69, 9.17) is 0 Å². The van der Waals surface area contributed by atoms with Crippen molar-refractivity contribution in [2.45, 2.75) is 38.5 Å². The van der Waals surface area contributed by atoms with Crippen molar-refractivity contribution in [3.05, 3.63) is 59.2 Å². The normalized spacial score (nSPS) is 16.1. The molecule has 5 nitrogen and oxygen atoms in total. The van der Waals surface area contributed by atoms with Gasteiger partial charge in [0.05, 0.1) is 17.8 Å². The number of nitrogens with zero attached hydrogens (tertiary/aromatic N) is 1. The van der Waals surface area contributed by atoms with Crippen molar-refractivity contribution in [1.29, 1.82) is 0 Å². The molecule has 1 N–H and O–H groups in total. The molecule has 1 heterocycles. The maximum atomic E-state index is 12.5. The van der Waals surface area contributed by atoms with Crippen LogP contribution in [0.15, 0.2) is 42.5 Å². The van der Waals surface area contributed by atoms with E-state index in [1.165, 1.54) is 22.4 Å². The summed E-state index contributed by atoms with van der Waals surface area (Å²) in [6.45, 7) is 0. The lowest BCUT2D eigenvalue weighted by atomic mass is 10.0. The number of hydrogen-bond donors (Lipinski definition) is 1. The molecule has 2 aliphatic rings. The average molecular weight is 348 g/mol. The van der Waals surface area contributed by atoms with Crippen LogP contribution in [0.1, 0.15) is 36.0 Å². The molecule has 1 saturated heterocycles. The Hall–Kier alpha value is -2.95. The van der Waals surface area contributed by atoms with Crippen LogP contribution in [0.4, 0.5) is 11.4 Å². The molecule has 0 aromatic heterocycles. The topological polar surface area (TPSA) is 66.5 Å². The van der Waals surface area contributed by atoms with Crippen molar-refractivity contribution in [3.8, 4) is 0 Å². The van der Waals surface area contributed by atoms with E-state index in [9.17, 15) is 14.4 Å². The minimum Gasteiger partial charge on any atom is -0.324 e. The third-order valence-electron chi connectivity index (χ3n) is 5.00. The summed E-state index contributed by atoms with van der Waals surface area (Å²) in [6.07, 6.45) is 4.08. The van der Waals surface area contributed by atoms with E-state index in [-0.39, 0.29) is 37.0 Å². The van der Waals surface area contributed by atoms with E-state index < -0.39 is 0 Å². The van der Waals surface area contributed by atoms with Gasteiger partial charge >= 0.3 is 0 Å². The number of imide groups is 1. The molecule has 2 aromatic rings. The van der Waals surface area contributed by atoms with E-state index in [1.54, 1.807) is 24.3 Å². The van der Waals surface area contributed by atoms with Crippen LogP contribution in [0.2, 0.25) is 0 Å². The second kappa shape index (κ2) is 6.75. The van der Waals surface area contributed by atoms with Crippen molar-refractivity contribution in [2.75, 3.05) is 10.2 Å². The number of nitrogens with one attached hydrogen (secondary N) is 1. The van der Waals surface area contributed by atoms with Crippen LogP contribution >= 0.6 is 0 Å². The van der Waals surface area contributed by atoms with Crippen LogP contribution in [-0.2, 0) is 33.6 Å². The Balaban J connectivity index is 1.51. The van der Waals surface area contributed by atoms with Gasteiger partial charge in [-0.3, -0.25) is 14.4 Å². The highest BCUT2D eigenvalue weighted by molar-refractivity contribution is 6.21. The van der Waals surface area contributed by atoms with Gasteiger partial charge in [0.1, 0.15) is 0 Å². The monoisotopic (exact) mass is 348 g/mol. The number of para-hydroxylation sites is 2. The van der Waals surface area contributed by atoms with Gasteiger partial charge in [-0.25, -0.2) is 4.90 Å². The van der Waals surface area contributed by atoms with Gasteiger partial charge in [0.2, 0.25) is 17.7 Å². The maximum absolute atomic E-state index is 12.5. The van der Waals surface area contributed by atoms with Gasteiger partial charge in [0, 0.05) is 12.8 Å². The van der Waals surface area contributed by atoms with Gasteiger partial charge in [-0.15, -0.1) is 0 Å². The third kappa shape index (κ3) is 3.12. The van der Waals surface area contributed by atoms with Gasteiger partial charge < -0.3 is 5.32 Å². The van der Waals surface area contributed by atoms with Crippen LogP contribution in [0.3, 0.4) is 0 Å². The van der Waals surface area contributed by atoms with Crippen LogP contribution in [-0.4, -0.2) is 17.7 Å². The molecule has 26 heavy (non-hydrogen) atoms. The number of hydrogen-bond acceptors (Lipinski definition) is 3. The molecule has 0 unspecified atom stereocenters. The minimum absolute atomic E-state index is 0.158. The fraction of sp³-hybridized carbons (Fsp3) is 0.286. The summed E-state index contributed by atoms with van der Waals surface area (Å²) in [5.41, 5.74) is 4.63. The van der Waals surface area contributed by atoms with Crippen molar-refractivity contribution < 1.29 is 14.4 Å². The molecule has 132 valence electrons. The smallest absolute Gasteiger partial charge is 0.234 e. The molecule has 5 heteroatoms. The van der Waals surface area contributed by atoms with Gasteiger partial charge in [-0.2, -0.15) is 0 Å². The van der Waals surface area contributed by atoms with Crippen LogP contribution in [0, 0.1) is 0 Å². The SMILES string of the molecule is O=C(Cc1ccc2c(c1)CCC2)Nc1ccccc1N1C(=O)CCC1=O. The molecule has 1 fully saturated rings. The van der Waals surface area contributed by atoms with Gasteiger partial charge in [0.25, 0.3) is 0 Å². The lowest BCUT2D eigenvalue weighted by Crippen LogP contribution is -2.30. The molecule has 0 bridgehead atoms. The molecule has 0 radical (unpaired) electrons.